The largest absolute Gasteiger partial charge is 0.466 e. The van der Waals surface area contributed by atoms with E-state index in [0.29, 0.717) is 19.3 Å². The van der Waals surface area contributed by atoms with Crippen LogP contribution in [0.3, 0.4) is 0 Å². The van der Waals surface area contributed by atoms with E-state index in [4.69, 9.17) is 60.6 Å². The van der Waals surface area contributed by atoms with E-state index in [1.54, 1.807) is 4.57 Å². The molecule has 2 aromatic heterocycles. The normalized spacial score (nSPS) is 15.0. The zero-order chi connectivity index (χ0) is 51.5. The molecule has 0 radical (unpaired) electrons. The van der Waals surface area contributed by atoms with Crippen molar-refractivity contribution in [1.82, 2.24) is 19.4 Å². The number of hydrogen-bond acceptors (Lipinski definition) is 8. The van der Waals surface area contributed by atoms with E-state index in [1.165, 1.54) is 16.8 Å². The minimum Gasteiger partial charge on any atom is -0.466 e. The van der Waals surface area contributed by atoms with Crippen LogP contribution in [-0.2, 0) is 49.7 Å². The lowest BCUT2D eigenvalue weighted by Gasteiger charge is -2.36. The Hall–Kier alpha value is -3.51. The molecule has 0 bridgehead atoms. The van der Waals surface area contributed by atoms with Crippen LogP contribution < -0.4 is 0 Å². The zero-order valence-electron chi connectivity index (χ0n) is 43.3. The first-order chi connectivity index (χ1) is 33.3. The van der Waals surface area contributed by atoms with Crippen molar-refractivity contribution in [3.63, 3.8) is 0 Å². The Morgan fingerprint density at radius 3 is 1.59 bits per heavy atom. The maximum absolute atomic E-state index is 12.7. The summed E-state index contributed by atoms with van der Waals surface area (Å²) in [5.74, 6) is -0.207. The maximum Gasteiger partial charge on any atom is 0.418 e. The molecule has 1 N–H and O–H groups in total. The van der Waals surface area contributed by atoms with Gasteiger partial charge in [0.05, 0.1) is 29.4 Å². The number of H-pyrrole nitrogens is 1. The fourth-order valence-electron chi connectivity index (χ4n) is 9.44. The summed E-state index contributed by atoms with van der Waals surface area (Å²) in [6.07, 6.45) is 15.4. The summed E-state index contributed by atoms with van der Waals surface area (Å²) in [6.45, 7) is 21.7. The average molecular weight is 1050 g/mol. The molecule has 2 aliphatic heterocycles. The second-order valence-electron chi connectivity index (χ2n) is 20.6. The first-order valence-electron chi connectivity index (χ1n) is 25.3. The van der Waals surface area contributed by atoms with Crippen LogP contribution in [0.5, 0.6) is 0 Å². The van der Waals surface area contributed by atoms with E-state index < -0.39 is 16.4 Å². The number of aromatic amines is 1. The Morgan fingerprint density at radius 2 is 1.11 bits per heavy atom. The van der Waals surface area contributed by atoms with Gasteiger partial charge < -0.3 is 19.2 Å². The van der Waals surface area contributed by atoms with Gasteiger partial charge in [-0.05, 0) is 135 Å². The van der Waals surface area contributed by atoms with Crippen LogP contribution >= 0.6 is 46.4 Å². The van der Waals surface area contributed by atoms with Crippen molar-refractivity contribution in [2.45, 2.75) is 170 Å². The molecule has 14 heteroatoms. The number of fused-ring (bicyclic) bond motifs is 2. The summed E-state index contributed by atoms with van der Waals surface area (Å²) in [6, 6.07) is 21.1. The van der Waals surface area contributed by atoms with Crippen molar-refractivity contribution in [2.75, 3.05) is 31.6 Å². The van der Waals surface area contributed by atoms with E-state index in [0.717, 1.165) is 130 Å². The molecule has 0 amide bonds. The standard InChI is InChI=1S/C30H43ClN2O4.C25H35ClN2O2.CH2Cl2/c1-7-36-27(34)30(5,6)18-12-8-9-15-26(23-13-10-11-14-24(23)31)32-19-17-25-22(21-32)16-20-33(25)28(35)37-29(2,3)4;1-4-30-24(29)25(2,3)15-9-5-6-12-23(20-10-7-8-11-21(20)26)28-17-14-22-19(18-28)13-16-27-22;2-1-3/h10-11,13-14,16,20,26H,7-9,12,15,17-19,21H2,1-6H3;7-8,10-11,13,16,23,27H,4-6,9,12,14-15,17-18H2,1-3H3;1H2. The Labute approximate surface area is 439 Å². The van der Waals surface area contributed by atoms with Crippen molar-refractivity contribution in [3.8, 4) is 0 Å². The average Bonchev–Trinajstić information content (AvgIpc) is 3.97. The molecule has 10 nitrogen and oxygen atoms in total. The number of nitrogens with one attached hydrogen (secondary N) is 1. The number of alkyl halides is 2. The van der Waals surface area contributed by atoms with Gasteiger partial charge in [0, 0.05) is 84.9 Å². The number of unbranched alkanes of at least 4 members (excludes halogenated alkanes) is 4. The van der Waals surface area contributed by atoms with E-state index in [2.05, 4.69) is 39.0 Å². The molecule has 70 heavy (non-hydrogen) atoms. The molecule has 2 aliphatic rings. The number of rotatable bonds is 20. The predicted octanol–water partition coefficient (Wildman–Crippen LogP) is 15.3. The number of esters is 2. The Balaban J connectivity index is 0.000000294. The molecular weight excluding hydrogens is 966 g/mol. The van der Waals surface area contributed by atoms with E-state index >= 15 is 0 Å². The van der Waals surface area contributed by atoms with Crippen molar-refractivity contribution < 1.29 is 28.6 Å². The number of ether oxygens (including phenoxy) is 3. The topological polar surface area (TPSA) is 106 Å². The van der Waals surface area contributed by atoms with E-state index in [9.17, 15) is 14.4 Å². The lowest BCUT2D eigenvalue weighted by atomic mass is 9.86. The molecule has 2 aromatic carbocycles. The van der Waals surface area contributed by atoms with Gasteiger partial charge in [0.25, 0.3) is 0 Å². The van der Waals surface area contributed by atoms with Crippen LogP contribution in [0.1, 0.15) is 172 Å². The third-order valence-electron chi connectivity index (χ3n) is 13.3. The smallest absolute Gasteiger partial charge is 0.418 e. The van der Waals surface area contributed by atoms with Gasteiger partial charge in [0.2, 0.25) is 0 Å². The highest BCUT2D eigenvalue weighted by Crippen LogP contribution is 2.38. The Kier molecular flexibility index (Phi) is 24.2. The minimum absolute atomic E-state index is 0.0884. The van der Waals surface area contributed by atoms with Crippen LogP contribution in [-0.4, -0.2) is 74.6 Å². The molecule has 2 unspecified atom stereocenters. The monoisotopic (exact) mass is 1040 g/mol. The fourth-order valence-corrected chi connectivity index (χ4v) is 9.97. The summed E-state index contributed by atoms with van der Waals surface area (Å²) >= 11 is 22.8. The highest BCUT2D eigenvalue weighted by molar-refractivity contribution is 6.40. The van der Waals surface area contributed by atoms with E-state index in [-0.39, 0.29) is 29.4 Å². The molecule has 0 saturated heterocycles. The molecule has 0 fully saturated rings. The lowest BCUT2D eigenvalue weighted by Crippen LogP contribution is -2.36. The highest BCUT2D eigenvalue weighted by Gasteiger charge is 2.32. The van der Waals surface area contributed by atoms with Crippen molar-refractivity contribution >= 4 is 64.4 Å². The summed E-state index contributed by atoms with van der Waals surface area (Å²) < 4.78 is 17.7. The van der Waals surface area contributed by atoms with Crippen LogP contribution in [0.2, 0.25) is 10.0 Å². The van der Waals surface area contributed by atoms with Gasteiger partial charge in [-0.3, -0.25) is 24.0 Å². The zero-order valence-corrected chi connectivity index (χ0v) is 46.3. The van der Waals surface area contributed by atoms with Gasteiger partial charge >= 0.3 is 18.0 Å². The fraction of sp³-hybridized carbons (Fsp3) is 0.589. The van der Waals surface area contributed by atoms with Crippen LogP contribution in [0.15, 0.2) is 73.1 Å². The molecule has 2 atom stereocenters. The summed E-state index contributed by atoms with van der Waals surface area (Å²) in [7, 11) is 0. The number of carbonyl (C=O) groups is 3. The summed E-state index contributed by atoms with van der Waals surface area (Å²) in [5.41, 5.74) is 5.93. The third-order valence-corrected chi connectivity index (χ3v) is 14.0. The van der Waals surface area contributed by atoms with Gasteiger partial charge in [-0.15, -0.1) is 23.2 Å². The van der Waals surface area contributed by atoms with Crippen molar-refractivity contribution in [3.05, 3.63) is 117 Å². The van der Waals surface area contributed by atoms with Crippen LogP contribution in [0.4, 0.5) is 4.79 Å². The summed E-state index contributed by atoms with van der Waals surface area (Å²) in [5, 5.41) is 1.83. The van der Waals surface area contributed by atoms with E-state index in [1.807, 2.05) is 111 Å². The molecule has 0 saturated carbocycles. The van der Waals surface area contributed by atoms with Gasteiger partial charge in [0.1, 0.15) is 5.60 Å². The molecule has 388 valence electrons. The number of halogens is 4. The van der Waals surface area contributed by atoms with Crippen molar-refractivity contribution in [1.29, 1.82) is 0 Å². The van der Waals surface area contributed by atoms with Crippen LogP contribution in [0.25, 0.3) is 0 Å². The first kappa shape index (κ1) is 59.1. The molecule has 0 spiro atoms. The highest BCUT2D eigenvalue weighted by atomic mass is 35.5. The molecule has 4 aromatic rings. The SMILES string of the molecule is CCOC(=O)C(C)(C)CCCCCC(c1ccccc1Cl)N1CCc2[nH]ccc2C1.CCOC(=O)C(C)(C)CCCCCC(c1ccccc1Cl)N1CCc2c(ccn2C(=O)OC(C)(C)C)C1.ClCCl. The lowest BCUT2D eigenvalue weighted by molar-refractivity contribution is -0.154. The second-order valence-corrected chi connectivity index (χ2v) is 22.3. The molecule has 0 aliphatic carbocycles. The van der Waals surface area contributed by atoms with Crippen LogP contribution in [0, 0.1) is 10.8 Å². The third kappa shape index (κ3) is 17.9. The van der Waals surface area contributed by atoms with Gasteiger partial charge in [0.15, 0.2) is 0 Å². The van der Waals surface area contributed by atoms with Crippen molar-refractivity contribution in [2.24, 2.45) is 10.8 Å². The first-order valence-corrected chi connectivity index (χ1v) is 27.1. The predicted molar refractivity (Wildman–Crippen MR) is 287 cm³/mol. The molecule has 4 heterocycles. The Morgan fingerprint density at radius 1 is 0.643 bits per heavy atom. The quantitative estimate of drug-likeness (QED) is 0.0404. The second kappa shape index (κ2) is 28.7. The number of aromatic nitrogens is 2. The number of benzene rings is 2. The Bertz CT molecular complexity index is 2230. The molecule has 6 rings (SSSR count). The van der Waals surface area contributed by atoms with Gasteiger partial charge in [-0.25, -0.2) is 4.79 Å². The van der Waals surface area contributed by atoms with Gasteiger partial charge in [-0.1, -0.05) is 98.1 Å². The number of carbonyl (C=O) groups excluding carboxylic acids is 3. The maximum atomic E-state index is 12.7. The number of nitrogens with zero attached hydrogens (tertiary/aromatic N) is 3. The summed E-state index contributed by atoms with van der Waals surface area (Å²) in [4.78, 5) is 45.4. The number of hydrogen-bond donors (Lipinski definition) is 1. The molecular formula is C56H80Cl4N4O6. The van der Waals surface area contributed by atoms with Gasteiger partial charge in [-0.2, -0.15) is 0 Å². The minimum atomic E-state index is -0.532.